The highest BCUT2D eigenvalue weighted by atomic mass is 16.3. The summed E-state index contributed by atoms with van der Waals surface area (Å²) >= 11 is 0. The summed E-state index contributed by atoms with van der Waals surface area (Å²) in [5, 5.41) is 9.98. The van der Waals surface area contributed by atoms with Crippen LogP contribution in [0.2, 0.25) is 0 Å². The number of phenols is 1. The van der Waals surface area contributed by atoms with E-state index in [4.69, 9.17) is 0 Å². The fourth-order valence-electron chi connectivity index (χ4n) is 5.28. The number of rotatable bonds is 1. The SMILES string of the molecule is C[C@H]1[C@H]2Cc3ccc(O)cc3[C@]1(C)CCN2C(=O)c1ccc2c(c1)CC=N2. The number of amides is 1. The lowest BCUT2D eigenvalue weighted by molar-refractivity contribution is 0.0250. The highest BCUT2D eigenvalue weighted by molar-refractivity contribution is 5.96. The van der Waals surface area contributed by atoms with Crippen molar-refractivity contribution in [3.8, 4) is 5.75 Å². The molecule has 0 saturated carbocycles. The van der Waals surface area contributed by atoms with E-state index in [0.29, 0.717) is 11.7 Å². The Hall–Kier alpha value is -2.62. The van der Waals surface area contributed by atoms with Gasteiger partial charge in [0.25, 0.3) is 5.91 Å². The van der Waals surface area contributed by atoms with Gasteiger partial charge in [-0.05, 0) is 71.2 Å². The van der Waals surface area contributed by atoms with Crippen molar-refractivity contribution in [3.63, 3.8) is 0 Å². The highest BCUT2D eigenvalue weighted by Crippen LogP contribution is 2.49. The zero-order valence-corrected chi connectivity index (χ0v) is 15.8. The van der Waals surface area contributed by atoms with E-state index in [0.717, 1.165) is 42.6 Å². The smallest absolute Gasteiger partial charge is 0.254 e. The first-order valence-electron chi connectivity index (χ1n) is 9.76. The molecule has 2 aromatic carbocycles. The number of piperidine rings is 1. The molecule has 0 spiro atoms. The summed E-state index contributed by atoms with van der Waals surface area (Å²) in [6, 6.07) is 11.8. The second-order valence-corrected chi connectivity index (χ2v) is 8.43. The van der Waals surface area contributed by atoms with Gasteiger partial charge in [-0.15, -0.1) is 0 Å². The van der Waals surface area contributed by atoms with E-state index in [1.165, 1.54) is 11.1 Å². The number of hydrogen-bond acceptors (Lipinski definition) is 3. The molecule has 4 nitrogen and oxygen atoms in total. The molecule has 1 amide bonds. The van der Waals surface area contributed by atoms with Gasteiger partial charge in [0.1, 0.15) is 5.75 Å². The fraction of sp³-hybridized carbons (Fsp3) is 0.391. The van der Waals surface area contributed by atoms with E-state index >= 15 is 0 Å². The van der Waals surface area contributed by atoms with Crippen LogP contribution in [0.5, 0.6) is 5.75 Å². The predicted octanol–water partition coefficient (Wildman–Crippen LogP) is 4.02. The van der Waals surface area contributed by atoms with Crippen LogP contribution >= 0.6 is 0 Å². The number of phenolic OH excluding ortho intramolecular Hbond substituents is 1. The monoisotopic (exact) mass is 360 g/mol. The number of fused-ring (bicyclic) bond motifs is 5. The molecule has 2 bridgehead atoms. The quantitative estimate of drug-likeness (QED) is 0.835. The Bertz CT molecular complexity index is 980. The van der Waals surface area contributed by atoms with Crippen LogP contribution in [0.15, 0.2) is 41.4 Å². The van der Waals surface area contributed by atoms with Gasteiger partial charge in [0.05, 0.1) is 5.69 Å². The summed E-state index contributed by atoms with van der Waals surface area (Å²) in [4.78, 5) is 19.8. The van der Waals surface area contributed by atoms with Crippen molar-refractivity contribution in [3.05, 3.63) is 58.7 Å². The maximum atomic E-state index is 13.4. The van der Waals surface area contributed by atoms with E-state index in [2.05, 4.69) is 23.7 Å². The van der Waals surface area contributed by atoms with Gasteiger partial charge >= 0.3 is 0 Å². The third kappa shape index (κ3) is 2.35. The van der Waals surface area contributed by atoms with Gasteiger partial charge < -0.3 is 10.0 Å². The summed E-state index contributed by atoms with van der Waals surface area (Å²) in [6.07, 6.45) is 4.49. The van der Waals surface area contributed by atoms with Crippen LogP contribution in [-0.2, 0) is 18.3 Å². The van der Waals surface area contributed by atoms with Crippen molar-refractivity contribution in [2.75, 3.05) is 6.54 Å². The lowest BCUT2D eigenvalue weighted by Crippen LogP contribution is -2.59. The molecule has 4 heteroatoms. The van der Waals surface area contributed by atoms with Crippen molar-refractivity contribution < 1.29 is 9.90 Å². The topological polar surface area (TPSA) is 52.9 Å². The van der Waals surface area contributed by atoms with E-state index in [9.17, 15) is 9.90 Å². The minimum absolute atomic E-state index is 0.000451. The van der Waals surface area contributed by atoms with Crippen molar-refractivity contribution in [1.29, 1.82) is 0 Å². The molecule has 3 atom stereocenters. The maximum Gasteiger partial charge on any atom is 0.254 e. The average molecular weight is 360 g/mol. The number of carbonyl (C=O) groups is 1. The second kappa shape index (κ2) is 5.69. The van der Waals surface area contributed by atoms with E-state index in [1.54, 1.807) is 6.07 Å². The number of carbonyl (C=O) groups excluding carboxylic acids is 1. The van der Waals surface area contributed by atoms with Gasteiger partial charge in [0.2, 0.25) is 0 Å². The molecule has 138 valence electrons. The van der Waals surface area contributed by atoms with Crippen molar-refractivity contribution in [1.82, 2.24) is 4.90 Å². The van der Waals surface area contributed by atoms with E-state index < -0.39 is 0 Å². The molecule has 0 aromatic heterocycles. The maximum absolute atomic E-state index is 13.4. The molecule has 2 heterocycles. The predicted molar refractivity (Wildman–Crippen MR) is 106 cm³/mol. The molecule has 1 aliphatic carbocycles. The van der Waals surface area contributed by atoms with Crippen molar-refractivity contribution in [2.45, 2.75) is 44.6 Å². The third-order valence-electron chi connectivity index (χ3n) is 7.12. The normalized spacial score (nSPS) is 28.0. The Labute approximate surface area is 159 Å². The molecule has 0 unspecified atom stereocenters. The molecule has 2 aromatic rings. The van der Waals surface area contributed by atoms with Gasteiger partial charge in [0.15, 0.2) is 0 Å². The molecule has 1 N–H and O–H groups in total. The van der Waals surface area contributed by atoms with Crippen LogP contribution < -0.4 is 0 Å². The molecule has 5 rings (SSSR count). The van der Waals surface area contributed by atoms with Crippen LogP contribution in [0.1, 0.15) is 47.3 Å². The Morgan fingerprint density at radius 2 is 2.07 bits per heavy atom. The first-order chi connectivity index (χ1) is 13.0. The van der Waals surface area contributed by atoms with Gasteiger partial charge in [-0.25, -0.2) is 0 Å². The standard InChI is InChI=1S/C23H24N2O2/c1-14-21-12-15-3-5-18(26)13-19(15)23(14,2)8-10-25(21)22(27)17-4-6-20-16(11-17)7-9-24-20/h3-6,9,11,13-14,21,26H,7-8,10,12H2,1-2H3/t14-,21+,23+/m0/s1. The summed E-state index contributed by atoms with van der Waals surface area (Å²) in [7, 11) is 0. The molecule has 1 fully saturated rings. The highest BCUT2D eigenvalue weighted by Gasteiger charge is 2.49. The van der Waals surface area contributed by atoms with Gasteiger partial charge in [0, 0.05) is 30.8 Å². The summed E-state index contributed by atoms with van der Waals surface area (Å²) < 4.78 is 0. The average Bonchev–Trinajstić information content (AvgIpc) is 3.13. The largest absolute Gasteiger partial charge is 0.508 e. The number of likely N-dealkylation sites (tertiary alicyclic amines) is 1. The Kier molecular flexibility index (Phi) is 3.48. The molecule has 0 radical (unpaired) electrons. The number of nitrogens with zero attached hydrogens (tertiary/aromatic N) is 2. The van der Waals surface area contributed by atoms with E-state index in [1.807, 2.05) is 36.5 Å². The number of aromatic hydroxyl groups is 1. The summed E-state index contributed by atoms with van der Waals surface area (Å²) in [5.74, 6) is 0.813. The molecular weight excluding hydrogens is 336 g/mol. The number of hydrogen-bond donors (Lipinski definition) is 1. The van der Waals surface area contributed by atoms with Crippen LogP contribution in [0, 0.1) is 5.92 Å². The lowest BCUT2D eigenvalue weighted by Gasteiger charge is -2.54. The van der Waals surface area contributed by atoms with Gasteiger partial charge in [-0.2, -0.15) is 0 Å². The minimum atomic E-state index is -0.000451. The zero-order chi connectivity index (χ0) is 18.8. The van der Waals surface area contributed by atoms with Crippen LogP contribution in [0.4, 0.5) is 5.69 Å². The molecule has 3 aliphatic rings. The molecular formula is C23H24N2O2. The number of benzene rings is 2. The second-order valence-electron chi connectivity index (χ2n) is 8.43. The lowest BCUT2D eigenvalue weighted by atomic mass is 9.59. The fourth-order valence-corrected chi connectivity index (χ4v) is 5.28. The third-order valence-corrected chi connectivity index (χ3v) is 7.12. The van der Waals surface area contributed by atoms with Gasteiger partial charge in [-0.1, -0.05) is 19.9 Å². The Morgan fingerprint density at radius 3 is 2.93 bits per heavy atom. The minimum Gasteiger partial charge on any atom is -0.508 e. The summed E-state index contributed by atoms with van der Waals surface area (Å²) in [5.41, 5.74) is 5.41. The Balaban J connectivity index is 1.50. The molecule has 2 aliphatic heterocycles. The van der Waals surface area contributed by atoms with Crippen LogP contribution in [0.25, 0.3) is 0 Å². The van der Waals surface area contributed by atoms with Crippen LogP contribution in [0.3, 0.4) is 0 Å². The molecule has 1 saturated heterocycles. The Morgan fingerprint density at radius 1 is 1.22 bits per heavy atom. The van der Waals surface area contributed by atoms with Crippen molar-refractivity contribution >= 4 is 17.8 Å². The molecule has 27 heavy (non-hydrogen) atoms. The van der Waals surface area contributed by atoms with Crippen molar-refractivity contribution in [2.24, 2.45) is 10.9 Å². The summed E-state index contributed by atoms with van der Waals surface area (Å²) in [6.45, 7) is 5.30. The zero-order valence-electron chi connectivity index (χ0n) is 15.8. The van der Waals surface area contributed by atoms with E-state index in [-0.39, 0.29) is 17.4 Å². The first kappa shape index (κ1) is 16.5. The van der Waals surface area contributed by atoms with Crippen LogP contribution in [-0.4, -0.2) is 34.7 Å². The van der Waals surface area contributed by atoms with Gasteiger partial charge in [-0.3, -0.25) is 9.79 Å². The first-order valence-corrected chi connectivity index (χ1v) is 9.76. The number of aliphatic imine (C=N–C) groups is 1.